The first kappa shape index (κ1) is 18.6. The number of carbonyl (C=O) groups is 1. The van der Waals surface area contributed by atoms with Crippen molar-refractivity contribution >= 4 is 5.91 Å². The minimum atomic E-state index is -1.15. The van der Waals surface area contributed by atoms with Crippen LogP contribution in [0.4, 0.5) is 0 Å². The van der Waals surface area contributed by atoms with Gasteiger partial charge in [0.25, 0.3) is 0 Å². The summed E-state index contributed by atoms with van der Waals surface area (Å²) in [5.74, 6) is 0.102. The molecule has 138 valence electrons. The Morgan fingerprint density at radius 2 is 1.50 bits per heavy atom. The summed E-state index contributed by atoms with van der Waals surface area (Å²) >= 11 is 0. The molecule has 2 unspecified atom stereocenters. The van der Waals surface area contributed by atoms with Crippen molar-refractivity contribution in [2.24, 2.45) is 11.7 Å². The molecule has 0 radical (unpaired) electrons. The minimum Gasteiger partial charge on any atom is -0.382 e. The highest BCUT2D eigenvalue weighted by molar-refractivity contribution is 5.79. The number of nitrogens with zero attached hydrogens (tertiary/aromatic N) is 1. The average molecular weight is 352 g/mol. The van der Waals surface area contributed by atoms with Crippen LogP contribution in [-0.4, -0.2) is 28.1 Å². The predicted octanol–water partition coefficient (Wildman–Crippen LogP) is 3.09. The van der Waals surface area contributed by atoms with E-state index in [9.17, 15) is 9.90 Å². The van der Waals surface area contributed by atoms with Crippen LogP contribution >= 0.6 is 0 Å². The molecule has 0 aliphatic heterocycles. The number of nitrogens with two attached hydrogens (primary N) is 1. The van der Waals surface area contributed by atoms with Crippen LogP contribution in [0.15, 0.2) is 60.7 Å². The lowest BCUT2D eigenvalue weighted by Crippen LogP contribution is -2.48. The summed E-state index contributed by atoms with van der Waals surface area (Å²) in [5.41, 5.74) is 7.79. The number of aliphatic hydroxyl groups excluding tert-OH is 1. The summed E-state index contributed by atoms with van der Waals surface area (Å²) < 4.78 is 0. The van der Waals surface area contributed by atoms with Gasteiger partial charge in [-0.15, -0.1) is 0 Å². The standard InChI is InChI=1S/C22H28N2O2/c23-22(26)21(25)20(14-13-17-11-12-17)24(15-18-7-3-1-4-8-18)16-19-9-5-2-6-10-19/h1-10,17,20-21,25H,11-16H2,(H2,23,26). The number of hydrogen-bond donors (Lipinski definition) is 2. The molecule has 0 heterocycles. The van der Waals surface area contributed by atoms with E-state index >= 15 is 0 Å². The minimum absolute atomic E-state index is 0.270. The smallest absolute Gasteiger partial charge is 0.247 e. The van der Waals surface area contributed by atoms with Gasteiger partial charge in [-0.2, -0.15) is 0 Å². The van der Waals surface area contributed by atoms with Crippen molar-refractivity contribution in [2.75, 3.05) is 0 Å². The zero-order chi connectivity index (χ0) is 18.4. The Morgan fingerprint density at radius 3 is 1.92 bits per heavy atom. The molecule has 1 fully saturated rings. The van der Waals surface area contributed by atoms with Crippen LogP contribution < -0.4 is 5.73 Å². The van der Waals surface area contributed by atoms with Gasteiger partial charge in [0.05, 0.1) is 0 Å². The van der Waals surface area contributed by atoms with Crippen LogP contribution in [0.25, 0.3) is 0 Å². The van der Waals surface area contributed by atoms with E-state index in [1.54, 1.807) is 0 Å². The second-order valence-corrected chi connectivity index (χ2v) is 7.31. The van der Waals surface area contributed by atoms with Gasteiger partial charge in [0, 0.05) is 19.1 Å². The van der Waals surface area contributed by atoms with Crippen molar-refractivity contribution in [1.82, 2.24) is 4.90 Å². The SMILES string of the molecule is NC(=O)C(O)C(CCC1CC1)N(Cc1ccccc1)Cc1ccccc1. The van der Waals surface area contributed by atoms with Gasteiger partial charge in [0.1, 0.15) is 6.10 Å². The third kappa shape index (κ3) is 5.41. The lowest BCUT2D eigenvalue weighted by molar-refractivity contribution is -0.130. The molecule has 2 aromatic carbocycles. The summed E-state index contributed by atoms with van der Waals surface area (Å²) in [6.07, 6.45) is 3.19. The summed E-state index contributed by atoms with van der Waals surface area (Å²) in [6.45, 7) is 1.35. The van der Waals surface area contributed by atoms with Gasteiger partial charge in [-0.1, -0.05) is 73.5 Å². The molecule has 3 rings (SSSR count). The van der Waals surface area contributed by atoms with Crippen molar-refractivity contribution in [3.63, 3.8) is 0 Å². The Balaban J connectivity index is 1.81. The quantitative estimate of drug-likeness (QED) is 0.690. The Labute approximate surface area is 155 Å². The number of aliphatic hydroxyl groups is 1. The molecule has 3 N–H and O–H groups in total. The van der Waals surface area contributed by atoms with Gasteiger partial charge in [-0.25, -0.2) is 0 Å². The topological polar surface area (TPSA) is 66.6 Å². The highest BCUT2D eigenvalue weighted by atomic mass is 16.3. The van der Waals surface area contributed by atoms with E-state index in [0.29, 0.717) is 13.1 Å². The largest absolute Gasteiger partial charge is 0.382 e. The second-order valence-electron chi connectivity index (χ2n) is 7.31. The van der Waals surface area contributed by atoms with Crippen molar-refractivity contribution < 1.29 is 9.90 Å². The van der Waals surface area contributed by atoms with Crippen LogP contribution in [0.3, 0.4) is 0 Å². The summed E-state index contributed by atoms with van der Waals surface area (Å²) in [7, 11) is 0. The number of amides is 1. The van der Waals surface area contributed by atoms with Gasteiger partial charge >= 0.3 is 0 Å². The average Bonchev–Trinajstić information content (AvgIpc) is 3.47. The highest BCUT2D eigenvalue weighted by Crippen LogP contribution is 2.35. The van der Waals surface area contributed by atoms with E-state index in [4.69, 9.17) is 5.73 Å². The molecule has 1 aliphatic carbocycles. The third-order valence-corrected chi connectivity index (χ3v) is 5.15. The van der Waals surface area contributed by atoms with E-state index in [1.165, 1.54) is 12.8 Å². The molecule has 2 aromatic rings. The first-order chi connectivity index (χ1) is 12.6. The van der Waals surface area contributed by atoms with Crippen LogP contribution in [-0.2, 0) is 17.9 Å². The van der Waals surface area contributed by atoms with Gasteiger partial charge < -0.3 is 10.8 Å². The maximum atomic E-state index is 11.8. The van der Waals surface area contributed by atoms with Gasteiger partial charge in [-0.05, 0) is 29.9 Å². The molecule has 26 heavy (non-hydrogen) atoms. The Morgan fingerprint density at radius 1 is 1.00 bits per heavy atom. The predicted molar refractivity (Wildman–Crippen MR) is 103 cm³/mol. The lowest BCUT2D eigenvalue weighted by atomic mass is 9.99. The number of hydrogen-bond acceptors (Lipinski definition) is 3. The van der Waals surface area contributed by atoms with E-state index in [2.05, 4.69) is 29.2 Å². The summed E-state index contributed by atoms with van der Waals surface area (Å²) in [6, 6.07) is 20.1. The molecule has 0 saturated heterocycles. The first-order valence-corrected chi connectivity index (χ1v) is 9.43. The normalized spacial score (nSPS) is 16.4. The first-order valence-electron chi connectivity index (χ1n) is 9.43. The molecule has 2 atom stereocenters. The number of primary amides is 1. The molecule has 4 nitrogen and oxygen atoms in total. The molecule has 1 saturated carbocycles. The summed E-state index contributed by atoms with van der Waals surface area (Å²) in [4.78, 5) is 14.0. The van der Waals surface area contributed by atoms with Crippen LogP contribution in [0.5, 0.6) is 0 Å². The van der Waals surface area contributed by atoms with Crippen molar-refractivity contribution in [2.45, 2.75) is 50.9 Å². The van der Waals surface area contributed by atoms with Gasteiger partial charge in [0.15, 0.2) is 0 Å². The van der Waals surface area contributed by atoms with Crippen molar-refractivity contribution in [1.29, 1.82) is 0 Å². The third-order valence-electron chi connectivity index (χ3n) is 5.15. The van der Waals surface area contributed by atoms with E-state index < -0.39 is 12.0 Å². The zero-order valence-corrected chi connectivity index (χ0v) is 15.1. The van der Waals surface area contributed by atoms with E-state index in [-0.39, 0.29) is 6.04 Å². The second kappa shape index (κ2) is 8.97. The molecule has 1 aliphatic rings. The molecule has 1 amide bonds. The lowest BCUT2D eigenvalue weighted by Gasteiger charge is -2.34. The highest BCUT2D eigenvalue weighted by Gasteiger charge is 2.32. The number of rotatable bonds is 10. The molecule has 4 heteroatoms. The number of carbonyl (C=O) groups excluding carboxylic acids is 1. The fourth-order valence-electron chi connectivity index (χ4n) is 3.47. The molecule has 0 bridgehead atoms. The molecular formula is C22H28N2O2. The molecular weight excluding hydrogens is 324 g/mol. The van der Waals surface area contributed by atoms with E-state index in [1.807, 2.05) is 36.4 Å². The maximum absolute atomic E-state index is 11.8. The maximum Gasteiger partial charge on any atom is 0.247 e. The van der Waals surface area contributed by atoms with Crippen LogP contribution in [0, 0.1) is 5.92 Å². The Bertz CT molecular complexity index is 644. The summed E-state index contributed by atoms with van der Waals surface area (Å²) in [5, 5.41) is 10.5. The van der Waals surface area contributed by atoms with Crippen LogP contribution in [0.1, 0.15) is 36.8 Å². The zero-order valence-electron chi connectivity index (χ0n) is 15.1. The number of benzene rings is 2. The molecule has 0 aromatic heterocycles. The Kier molecular flexibility index (Phi) is 6.42. The Hall–Kier alpha value is -2.17. The van der Waals surface area contributed by atoms with Crippen LogP contribution in [0.2, 0.25) is 0 Å². The van der Waals surface area contributed by atoms with Crippen molar-refractivity contribution in [3.05, 3.63) is 71.8 Å². The van der Waals surface area contributed by atoms with E-state index in [0.717, 1.165) is 29.9 Å². The van der Waals surface area contributed by atoms with Crippen molar-refractivity contribution in [3.8, 4) is 0 Å². The fraction of sp³-hybridized carbons (Fsp3) is 0.409. The fourth-order valence-corrected chi connectivity index (χ4v) is 3.47. The van der Waals surface area contributed by atoms with Gasteiger partial charge in [0.2, 0.25) is 5.91 Å². The molecule has 0 spiro atoms. The van der Waals surface area contributed by atoms with Gasteiger partial charge in [-0.3, -0.25) is 9.69 Å². The monoisotopic (exact) mass is 352 g/mol.